The first-order valence-electron chi connectivity index (χ1n) is 4.97. The van der Waals surface area contributed by atoms with Gasteiger partial charge in [-0.1, -0.05) is 15.9 Å². The first-order chi connectivity index (χ1) is 7.22. The van der Waals surface area contributed by atoms with Gasteiger partial charge in [-0.05, 0) is 26.0 Å². The van der Waals surface area contributed by atoms with Gasteiger partial charge < -0.3 is 9.47 Å². The molecular formula is C11H16BrNO2. The van der Waals surface area contributed by atoms with Crippen molar-refractivity contribution in [2.75, 3.05) is 13.2 Å². The zero-order chi connectivity index (χ0) is 11.1. The van der Waals surface area contributed by atoms with Gasteiger partial charge in [0.25, 0.3) is 0 Å². The Labute approximate surface area is 98.9 Å². The molecule has 0 aromatic carbocycles. The minimum Gasteiger partial charge on any atom is -0.490 e. The van der Waals surface area contributed by atoms with E-state index in [1.165, 1.54) is 0 Å². The van der Waals surface area contributed by atoms with Gasteiger partial charge in [-0.25, -0.2) is 0 Å². The number of alkyl halides is 1. The Hall–Kier alpha value is -0.610. The zero-order valence-corrected chi connectivity index (χ0v) is 10.7. The topological polar surface area (TPSA) is 31.4 Å². The first kappa shape index (κ1) is 12.5. The van der Waals surface area contributed by atoms with Crippen LogP contribution in [0.2, 0.25) is 0 Å². The fourth-order valence-corrected chi connectivity index (χ4v) is 1.35. The number of pyridine rings is 1. The van der Waals surface area contributed by atoms with Gasteiger partial charge in [-0.3, -0.25) is 4.98 Å². The molecule has 0 saturated carbocycles. The third-order valence-electron chi connectivity index (χ3n) is 1.74. The van der Waals surface area contributed by atoms with Crippen LogP contribution < -0.4 is 4.74 Å². The van der Waals surface area contributed by atoms with Gasteiger partial charge in [0.1, 0.15) is 12.4 Å². The summed E-state index contributed by atoms with van der Waals surface area (Å²) in [5.41, 5.74) is 1.00. The quantitative estimate of drug-likeness (QED) is 0.590. The summed E-state index contributed by atoms with van der Waals surface area (Å²) in [7, 11) is 0. The van der Waals surface area contributed by atoms with Crippen molar-refractivity contribution in [1.82, 2.24) is 4.98 Å². The second-order valence-electron chi connectivity index (χ2n) is 3.39. The summed E-state index contributed by atoms with van der Waals surface area (Å²) in [6.07, 6.45) is 1.98. The SMILES string of the molecule is CC(C)OCCOc1ccc(CBr)nc1. The van der Waals surface area contributed by atoms with E-state index in [1.807, 2.05) is 26.0 Å². The van der Waals surface area contributed by atoms with Crippen LogP contribution in [0.1, 0.15) is 19.5 Å². The maximum atomic E-state index is 5.45. The molecule has 1 heterocycles. The zero-order valence-electron chi connectivity index (χ0n) is 9.07. The van der Waals surface area contributed by atoms with Crippen molar-refractivity contribution >= 4 is 15.9 Å². The molecule has 1 rings (SSSR count). The molecule has 0 N–H and O–H groups in total. The van der Waals surface area contributed by atoms with Crippen LogP contribution in [0.25, 0.3) is 0 Å². The molecule has 0 saturated heterocycles. The summed E-state index contributed by atoms with van der Waals surface area (Å²) in [5, 5.41) is 0.768. The van der Waals surface area contributed by atoms with Crippen LogP contribution in [0, 0.1) is 0 Å². The number of halogens is 1. The highest BCUT2D eigenvalue weighted by Crippen LogP contribution is 2.10. The largest absolute Gasteiger partial charge is 0.490 e. The second kappa shape index (κ2) is 6.80. The summed E-state index contributed by atoms with van der Waals surface area (Å²) >= 11 is 3.34. The van der Waals surface area contributed by atoms with E-state index in [9.17, 15) is 0 Å². The van der Waals surface area contributed by atoms with Gasteiger partial charge >= 0.3 is 0 Å². The summed E-state index contributed by atoms with van der Waals surface area (Å²) < 4.78 is 10.8. The lowest BCUT2D eigenvalue weighted by atomic mass is 10.4. The van der Waals surface area contributed by atoms with Crippen molar-refractivity contribution in [1.29, 1.82) is 0 Å². The molecule has 0 atom stereocenters. The maximum Gasteiger partial charge on any atom is 0.137 e. The molecule has 1 aromatic heterocycles. The molecule has 0 unspecified atom stereocenters. The van der Waals surface area contributed by atoms with E-state index in [2.05, 4.69) is 20.9 Å². The Morgan fingerprint density at radius 3 is 2.67 bits per heavy atom. The average molecular weight is 274 g/mol. The minimum atomic E-state index is 0.252. The molecule has 0 aliphatic rings. The van der Waals surface area contributed by atoms with Crippen LogP contribution in [-0.4, -0.2) is 24.3 Å². The van der Waals surface area contributed by atoms with Gasteiger partial charge in [0, 0.05) is 5.33 Å². The minimum absolute atomic E-state index is 0.252. The molecule has 0 bridgehead atoms. The van der Waals surface area contributed by atoms with Crippen LogP contribution in [-0.2, 0) is 10.1 Å². The fourth-order valence-electron chi connectivity index (χ4n) is 1.02. The first-order valence-corrected chi connectivity index (χ1v) is 6.10. The highest BCUT2D eigenvalue weighted by Gasteiger charge is 1.97. The van der Waals surface area contributed by atoms with Gasteiger partial charge in [0.05, 0.1) is 24.6 Å². The average Bonchev–Trinajstić information content (AvgIpc) is 2.25. The predicted octanol–water partition coefficient (Wildman–Crippen LogP) is 2.78. The van der Waals surface area contributed by atoms with Crippen molar-refractivity contribution in [3.05, 3.63) is 24.0 Å². The number of hydrogen-bond donors (Lipinski definition) is 0. The van der Waals surface area contributed by atoms with E-state index in [4.69, 9.17) is 9.47 Å². The van der Waals surface area contributed by atoms with Crippen molar-refractivity contribution in [2.45, 2.75) is 25.3 Å². The van der Waals surface area contributed by atoms with Crippen LogP contribution in [0.3, 0.4) is 0 Å². The van der Waals surface area contributed by atoms with Crippen molar-refractivity contribution in [2.24, 2.45) is 0 Å². The Bertz CT molecular complexity index is 274. The third-order valence-corrected chi connectivity index (χ3v) is 2.31. The van der Waals surface area contributed by atoms with Crippen molar-refractivity contribution in [3.8, 4) is 5.75 Å². The Balaban J connectivity index is 2.25. The van der Waals surface area contributed by atoms with E-state index in [1.54, 1.807) is 6.20 Å². The maximum absolute atomic E-state index is 5.45. The molecule has 1 aromatic rings. The number of rotatable bonds is 6. The van der Waals surface area contributed by atoms with E-state index in [0.29, 0.717) is 13.2 Å². The Morgan fingerprint density at radius 2 is 2.13 bits per heavy atom. The molecule has 0 fully saturated rings. The molecule has 0 aliphatic carbocycles. The molecule has 15 heavy (non-hydrogen) atoms. The molecule has 84 valence electrons. The lowest BCUT2D eigenvalue weighted by Gasteiger charge is -2.09. The molecule has 4 heteroatoms. The van der Waals surface area contributed by atoms with Gasteiger partial charge in [0.2, 0.25) is 0 Å². The number of ether oxygens (including phenoxy) is 2. The molecule has 0 amide bonds. The normalized spacial score (nSPS) is 10.7. The van der Waals surface area contributed by atoms with Crippen molar-refractivity contribution < 1.29 is 9.47 Å². The van der Waals surface area contributed by atoms with Gasteiger partial charge in [-0.2, -0.15) is 0 Å². The van der Waals surface area contributed by atoms with E-state index in [-0.39, 0.29) is 6.10 Å². The van der Waals surface area contributed by atoms with Crippen LogP contribution >= 0.6 is 15.9 Å². The molecule has 0 radical (unpaired) electrons. The lowest BCUT2D eigenvalue weighted by molar-refractivity contribution is 0.0552. The molecule has 0 spiro atoms. The summed E-state index contributed by atoms with van der Waals surface area (Å²) in [4.78, 5) is 4.20. The van der Waals surface area contributed by atoms with Gasteiger partial charge in [0.15, 0.2) is 0 Å². The third kappa shape index (κ3) is 5.14. The van der Waals surface area contributed by atoms with Crippen LogP contribution in [0.15, 0.2) is 18.3 Å². The highest BCUT2D eigenvalue weighted by molar-refractivity contribution is 9.08. The van der Waals surface area contributed by atoms with E-state index < -0.39 is 0 Å². The van der Waals surface area contributed by atoms with Crippen LogP contribution in [0.4, 0.5) is 0 Å². The molecule has 0 aliphatic heterocycles. The van der Waals surface area contributed by atoms with Crippen molar-refractivity contribution in [3.63, 3.8) is 0 Å². The Kier molecular flexibility index (Phi) is 5.65. The molecule has 3 nitrogen and oxygen atoms in total. The lowest BCUT2D eigenvalue weighted by Crippen LogP contribution is -2.11. The number of nitrogens with zero attached hydrogens (tertiary/aromatic N) is 1. The standard InChI is InChI=1S/C11H16BrNO2/c1-9(2)14-5-6-15-11-4-3-10(7-12)13-8-11/h3-4,8-9H,5-7H2,1-2H3. The monoisotopic (exact) mass is 273 g/mol. The fraction of sp³-hybridized carbons (Fsp3) is 0.545. The predicted molar refractivity (Wildman–Crippen MR) is 63.5 cm³/mol. The van der Waals surface area contributed by atoms with E-state index in [0.717, 1.165) is 16.8 Å². The number of hydrogen-bond acceptors (Lipinski definition) is 3. The summed E-state index contributed by atoms with van der Waals surface area (Å²) in [6.45, 7) is 5.18. The number of aromatic nitrogens is 1. The second-order valence-corrected chi connectivity index (χ2v) is 3.95. The van der Waals surface area contributed by atoms with E-state index >= 15 is 0 Å². The highest BCUT2D eigenvalue weighted by atomic mass is 79.9. The summed E-state index contributed by atoms with van der Waals surface area (Å²) in [5.74, 6) is 0.784. The molecular weight excluding hydrogens is 258 g/mol. The summed E-state index contributed by atoms with van der Waals surface area (Å²) in [6, 6.07) is 3.85. The Morgan fingerprint density at radius 1 is 1.33 bits per heavy atom. The van der Waals surface area contributed by atoms with Crippen LogP contribution in [0.5, 0.6) is 5.75 Å². The van der Waals surface area contributed by atoms with Gasteiger partial charge in [-0.15, -0.1) is 0 Å². The smallest absolute Gasteiger partial charge is 0.137 e.